The average Bonchev–Trinajstić information content (AvgIpc) is 2.90. The van der Waals surface area contributed by atoms with Crippen molar-refractivity contribution in [1.29, 1.82) is 0 Å². The zero-order valence-electron chi connectivity index (χ0n) is 10.5. The highest BCUT2D eigenvalue weighted by Crippen LogP contribution is 2.24. The number of carbonyl (C=O) groups is 1. The Labute approximate surface area is 117 Å². The van der Waals surface area contributed by atoms with Gasteiger partial charge in [-0.25, -0.2) is 0 Å². The molecule has 96 valence electrons. The lowest BCUT2D eigenvalue weighted by Crippen LogP contribution is -2.25. The minimum atomic E-state index is 0.0724. The molecule has 3 rings (SSSR count). The van der Waals surface area contributed by atoms with Crippen molar-refractivity contribution in [3.63, 3.8) is 0 Å². The summed E-state index contributed by atoms with van der Waals surface area (Å²) in [5.41, 5.74) is 4.17. The van der Waals surface area contributed by atoms with E-state index in [1.54, 1.807) is 0 Å². The molecule has 0 aliphatic carbocycles. The number of carbonyl (C=O) groups excluding carboxylic acids is 1. The summed E-state index contributed by atoms with van der Waals surface area (Å²) in [6, 6.07) is 15.7. The maximum absolute atomic E-state index is 12.5. The summed E-state index contributed by atoms with van der Waals surface area (Å²) in [6.07, 6.45) is 0. The van der Waals surface area contributed by atoms with Gasteiger partial charge in [-0.15, -0.1) is 11.6 Å². The van der Waals surface area contributed by atoms with Crippen molar-refractivity contribution < 1.29 is 4.79 Å². The lowest BCUT2D eigenvalue weighted by Gasteiger charge is -2.15. The molecular weight excluding hydrogens is 258 g/mol. The summed E-state index contributed by atoms with van der Waals surface area (Å²) in [6.45, 7) is 1.39. The first-order chi connectivity index (χ1) is 9.28. The van der Waals surface area contributed by atoms with Crippen molar-refractivity contribution in [3.8, 4) is 0 Å². The Hall–Kier alpha value is -1.80. The van der Waals surface area contributed by atoms with E-state index in [4.69, 9.17) is 11.6 Å². The molecule has 3 heteroatoms. The Morgan fingerprint density at radius 1 is 1.05 bits per heavy atom. The number of halogens is 1. The normalized spacial score (nSPS) is 13.4. The Kier molecular flexibility index (Phi) is 3.26. The first-order valence-electron chi connectivity index (χ1n) is 6.29. The SMILES string of the molecule is O=C(c1cccc(CCl)c1)N1Cc2ccccc2C1. The third-order valence-corrected chi connectivity index (χ3v) is 3.76. The molecule has 1 aliphatic heterocycles. The second-order valence-electron chi connectivity index (χ2n) is 4.76. The predicted octanol–water partition coefficient (Wildman–Crippen LogP) is 3.58. The fraction of sp³-hybridized carbons (Fsp3) is 0.188. The van der Waals surface area contributed by atoms with E-state index in [9.17, 15) is 4.79 Å². The van der Waals surface area contributed by atoms with E-state index in [1.807, 2.05) is 41.3 Å². The number of alkyl halides is 1. The second kappa shape index (κ2) is 5.06. The van der Waals surface area contributed by atoms with Gasteiger partial charge < -0.3 is 4.90 Å². The van der Waals surface area contributed by atoms with Crippen LogP contribution in [-0.4, -0.2) is 10.8 Å². The molecule has 0 atom stereocenters. The molecule has 0 aromatic heterocycles. The minimum Gasteiger partial charge on any atom is -0.330 e. The van der Waals surface area contributed by atoms with Gasteiger partial charge in [-0.1, -0.05) is 36.4 Å². The molecule has 2 nitrogen and oxygen atoms in total. The number of amides is 1. The van der Waals surface area contributed by atoms with Gasteiger partial charge in [-0.05, 0) is 28.8 Å². The molecule has 0 fully saturated rings. The van der Waals surface area contributed by atoms with E-state index in [0.717, 1.165) is 5.56 Å². The Morgan fingerprint density at radius 3 is 2.37 bits per heavy atom. The van der Waals surface area contributed by atoms with Crippen molar-refractivity contribution in [3.05, 3.63) is 70.8 Å². The van der Waals surface area contributed by atoms with Crippen LogP contribution in [-0.2, 0) is 19.0 Å². The van der Waals surface area contributed by atoms with Gasteiger partial charge >= 0.3 is 0 Å². The smallest absolute Gasteiger partial charge is 0.254 e. The molecule has 0 saturated carbocycles. The fourth-order valence-corrected chi connectivity index (χ4v) is 2.61. The maximum Gasteiger partial charge on any atom is 0.254 e. The molecular formula is C16H14ClNO. The van der Waals surface area contributed by atoms with Crippen LogP contribution in [0.15, 0.2) is 48.5 Å². The zero-order chi connectivity index (χ0) is 13.2. The molecule has 0 saturated heterocycles. The molecule has 0 unspecified atom stereocenters. The highest BCUT2D eigenvalue weighted by atomic mass is 35.5. The zero-order valence-corrected chi connectivity index (χ0v) is 11.2. The van der Waals surface area contributed by atoms with E-state index in [-0.39, 0.29) is 5.91 Å². The van der Waals surface area contributed by atoms with Crippen LogP contribution in [0.2, 0.25) is 0 Å². The quantitative estimate of drug-likeness (QED) is 0.765. The molecule has 0 N–H and O–H groups in total. The molecule has 1 amide bonds. The van der Waals surface area contributed by atoms with Gasteiger partial charge in [0.05, 0.1) is 0 Å². The summed E-state index contributed by atoms with van der Waals surface area (Å²) in [7, 11) is 0. The molecule has 19 heavy (non-hydrogen) atoms. The summed E-state index contributed by atoms with van der Waals surface area (Å²) in [5, 5.41) is 0. The van der Waals surface area contributed by atoms with Gasteiger partial charge in [0.25, 0.3) is 5.91 Å². The summed E-state index contributed by atoms with van der Waals surface area (Å²) >= 11 is 5.81. The molecule has 1 aliphatic rings. The third-order valence-electron chi connectivity index (χ3n) is 3.46. The standard InChI is InChI=1S/C16H14ClNO/c17-9-12-4-3-7-13(8-12)16(19)18-10-14-5-1-2-6-15(14)11-18/h1-8H,9-11H2. The fourth-order valence-electron chi connectivity index (χ4n) is 2.45. The van der Waals surface area contributed by atoms with Gasteiger partial charge in [0.1, 0.15) is 0 Å². The molecule has 2 aromatic rings. The largest absolute Gasteiger partial charge is 0.330 e. The second-order valence-corrected chi connectivity index (χ2v) is 5.03. The highest BCUT2D eigenvalue weighted by Gasteiger charge is 2.23. The van der Waals surface area contributed by atoms with E-state index in [1.165, 1.54) is 11.1 Å². The van der Waals surface area contributed by atoms with Crippen LogP contribution >= 0.6 is 11.6 Å². The van der Waals surface area contributed by atoms with E-state index in [2.05, 4.69) is 12.1 Å². The van der Waals surface area contributed by atoms with Gasteiger partial charge in [-0.3, -0.25) is 4.79 Å². The number of hydrogen-bond acceptors (Lipinski definition) is 1. The van der Waals surface area contributed by atoms with Gasteiger partial charge in [0.15, 0.2) is 0 Å². The number of benzene rings is 2. The van der Waals surface area contributed by atoms with Crippen LogP contribution < -0.4 is 0 Å². The molecule has 0 bridgehead atoms. The molecule has 1 heterocycles. The number of hydrogen-bond donors (Lipinski definition) is 0. The van der Waals surface area contributed by atoms with E-state index < -0.39 is 0 Å². The number of nitrogens with zero attached hydrogens (tertiary/aromatic N) is 1. The predicted molar refractivity (Wildman–Crippen MR) is 76.0 cm³/mol. The summed E-state index contributed by atoms with van der Waals surface area (Å²) in [4.78, 5) is 14.3. The minimum absolute atomic E-state index is 0.0724. The first kappa shape index (κ1) is 12.2. The Balaban J connectivity index is 1.83. The lowest BCUT2D eigenvalue weighted by atomic mass is 10.1. The van der Waals surface area contributed by atoms with Crippen molar-refractivity contribution in [1.82, 2.24) is 4.90 Å². The van der Waals surface area contributed by atoms with Crippen molar-refractivity contribution >= 4 is 17.5 Å². The van der Waals surface area contributed by atoms with Crippen LogP contribution in [0, 0.1) is 0 Å². The lowest BCUT2D eigenvalue weighted by molar-refractivity contribution is 0.0751. The topological polar surface area (TPSA) is 20.3 Å². The van der Waals surface area contributed by atoms with Gasteiger partial charge in [-0.2, -0.15) is 0 Å². The highest BCUT2D eigenvalue weighted by molar-refractivity contribution is 6.17. The molecule has 2 aromatic carbocycles. The molecule has 0 radical (unpaired) electrons. The number of rotatable bonds is 2. The van der Waals surface area contributed by atoms with E-state index >= 15 is 0 Å². The van der Waals surface area contributed by atoms with Crippen molar-refractivity contribution in [2.45, 2.75) is 19.0 Å². The van der Waals surface area contributed by atoms with Crippen LogP contribution in [0.1, 0.15) is 27.0 Å². The monoisotopic (exact) mass is 271 g/mol. The maximum atomic E-state index is 12.5. The van der Waals surface area contributed by atoms with Gasteiger partial charge in [0, 0.05) is 24.5 Å². The van der Waals surface area contributed by atoms with Crippen LogP contribution in [0.5, 0.6) is 0 Å². The van der Waals surface area contributed by atoms with Crippen molar-refractivity contribution in [2.75, 3.05) is 0 Å². The Bertz CT molecular complexity index is 599. The van der Waals surface area contributed by atoms with E-state index in [0.29, 0.717) is 24.5 Å². The average molecular weight is 272 g/mol. The third kappa shape index (κ3) is 2.36. The first-order valence-corrected chi connectivity index (χ1v) is 6.82. The van der Waals surface area contributed by atoms with Crippen molar-refractivity contribution in [2.24, 2.45) is 0 Å². The van der Waals surface area contributed by atoms with Crippen LogP contribution in [0.4, 0.5) is 0 Å². The number of fused-ring (bicyclic) bond motifs is 1. The van der Waals surface area contributed by atoms with Crippen LogP contribution in [0.25, 0.3) is 0 Å². The van der Waals surface area contributed by atoms with Gasteiger partial charge in [0.2, 0.25) is 0 Å². The van der Waals surface area contributed by atoms with Crippen LogP contribution in [0.3, 0.4) is 0 Å². The summed E-state index contributed by atoms with van der Waals surface area (Å²) < 4.78 is 0. The summed E-state index contributed by atoms with van der Waals surface area (Å²) in [5.74, 6) is 0.504. The Morgan fingerprint density at radius 2 is 1.74 bits per heavy atom. The molecule has 0 spiro atoms.